The molecule has 1 N–H and O–H groups in total. The van der Waals surface area contributed by atoms with Gasteiger partial charge in [-0.1, -0.05) is 38.3 Å². The van der Waals surface area contributed by atoms with Crippen molar-refractivity contribution in [2.24, 2.45) is 16.3 Å². The Balaban J connectivity index is 0.00000241. The Morgan fingerprint density at radius 3 is 2.50 bits per heavy atom. The van der Waals surface area contributed by atoms with Gasteiger partial charge in [0.15, 0.2) is 5.82 Å². The zero-order valence-electron chi connectivity index (χ0n) is 19.7. The summed E-state index contributed by atoms with van der Waals surface area (Å²) in [6.45, 7) is 10.9. The van der Waals surface area contributed by atoms with Crippen molar-refractivity contribution in [3.05, 3.63) is 63.0 Å². The number of thiophene rings is 1. The number of aryl methyl sites for hydroxylation is 2. The molecule has 1 aliphatic carbocycles. The Hall–Kier alpha value is -2.75. The predicted molar refractivity (Wildman–Crippen MR) is 140 cm³/mol. The second-order valence-electron chi connectivity index (χ2n) is 9.86. The van der Waals surface area contributed by atoms with Crippen LogP contribution in [0.5, 0.6) is 0 Å². The molecule has 0 bridgehead atoms. The lowest BCUT2D eigenvalue weighted by Crippen LogP contribution is -2.59. The normalized spacial score (nSPS) is 20.0. The van der Waals surface area contributed by atoms with Crippen LogP contribution in [0, 0.1) is 43.9 Å². The molecule has 34 heavy (non-hydrogen) atoms. The van der Waals surface area contributed by atoms with Gasteiger partial charge in [-0.05, 0) is 63.1 Å². The second-order valence-corrected chi connectivity index (χ2v) is 11.1. The van der Waals surface area contributed by atoms with Crippen LogP contribution in [0.2, 0.25) is 0 Å². The Morgan fingerprint density at radius 2 is 1.85 bits per heavy atom. The molecular weight excluding hydrogens is 438 g/mol. The largest absolute Gasteiger partial charge is 0.316 e. The van der Waals surface area contributed by atoms with Gasteiger partial charge in [0.05, 0.1) is 5.71 Å². The predicted octanol–water partition coefficient (Wildman–Crippen LogP) is 5.54. The van der Waals surface area contributed by atoms with Gasteiger partial charge in [0.25, 0.3) is 0 Å². The van der Waals surface area contributed by atoms with E-state index in [4.69, 9.17) is 4.99 Å². The van der Waals surface area contributed by atoms with Gasteiger partial charge in [-0.25, -0.2) is 0 Å². The minimum Gasteiger partial charge on any atom is -0.316 e. The molecule has 2 aromatic heterocycles. The van der Waals surface area contributed by atoms with E-state index in [-0.39, 0.29) is 13.5 Å². The highest BCUT2D eigenvalue weighted by Crippen LogP contribution is 2.48. The Morgan fingerprint density at radius 1 is 1.12 bits per heavy atom. The summed E-state index contributed by atoms with van der Waals surface area (Å²) in [5.41, 5.74) is 6.36. The minimum absolute atomic E-state index is 0. The molecule has 1 spiro atoms. The summed E-state index contributed by atoms with van der Waals surface area (Å²) >= 11 is 1.81. The van der Waals surface area contributed by atoms with E-state index >= 15 is 0 Å². The summed E-state index contributed by atoms with van der Waals surface area (Å²) in [6, 6.07) is 8.66. The molecule has 0 amide bonds. The third kappa shape index (κ3) is 3.54. The third-order valence-corrected chi connectivity index (χ3v) is 8.76. The van der Waals surface area contributed by atoms with Gasteiger partial charge in [0.2, 0.25) is 0 Å². The maximum atomic E-state index is 5.25. The number of aromatic nitrogens is 3. The fourth-order valence-electron chi connectivity index (χ4n) is 5.41. The van der Waals surface area contributed by atoms with Gasteiger partial charge >= 0.3 is 0 Å². The molecule has 1 saturated heterocycles. The van der Waals surface area contributed by atoms with Crippen molar-refractivity contribution in [3.63, 3.8) is 0 Å². The number of rotatable bonds is 2. The van der Waals surface area contributed by atoms with E-state index in [0.717, 1.165) is 34.9 Å². The van der Waals surface area contributed by atoms with Crippen LogP contribution in [-0.4, -0.2) is 33.6 Å². The number of nitrogens with one attached hydrogen (secondary N) is 1. The van der Waals surface area contributed by atoms with Crippen molar-refractivity contribution in [1.29, 1.82) is 0 Å². The average molecular weight is 472 g/mol. The molecule has 2 aliphatic heterocycles. The Bertz CT molecular complexity index is 1320. The highest BCUT2D eigenvalue weighted by Gasteiger charge is 2.47. The van der Waals surface area contributed by atoms with E-state index in [2.05, 4.69) is 77.0 Å². The molecule has 1 aromatic carbocycles. The fraction of sp³-hybridized carbons (Fsp3) is 0.464. The van der Waals surface area contributed by atoms with Crippen molar-refractivity contribution >= 4 is 17.0 Å². The first-order valence-corrected chi connectivity index (χ1v) is 12.7. The molecule has 1 saturated carbocycles. The second kappa shape index (κ2) is 8.48. The summed E-state index contributed by atoms with van der Waals surface area (Å²) in [5.74, 6) is 9.33. The SMILES string of the molecule is C.CCC1N=C(c2ccc(C#CC3CC4(CNC4)C3)cc2)c2c(sc(C)c2C)-n2c(C)nnc21. The first kappa shape index (κ1) is 23.0. The molecule has 2 fully saturated rings. The maximum Gasteiger partial charge on any atom is 0.163 e. The molecular formula is C28H33N5S. The summed E-state index contributed by atoms with van der Waals surface area (Å²) in [4.78, 5) is 6.56. The van der Waals surface area contributed by atoms with Crippen molar-refractivity contribution in [2.45, 2.75) is 60.4 Å². The van der Waals surface area contributed by atoms with Gasteiger partial charge in [0.1, 0.15) is 16.9 Å². The number of fused-ring (bicyclic) bond motifs is 3. The van der Waals surface area contributed by atoms with Crippen LogP contribution < -0.4 is 5.32 Å². The first-order valence-electron chi connectivity index (χ1n) is 11.9. The zero-order valence-corrected chi connectivity index (χ0v) is 20.5. The molecule has 1 atom stereocenters. The van der Waals surface area contributed by atoms with Crippen molar-refractivity contribution < 1.29 is 0 Å². The van der Waals surface area contributed by atoms with Crippen molar-refractivity contribution in [1.82, 2.24) is 20.1 Å². The van der Waals surface area contributed by atoms with Crippen LogP contribution in [0.4, 0.5) is 0 Å². The quantitative estimate of drug-likeness (QED) is 0.499. The summed E-state index contributed by atoms with van der Waals surface area (Å²) in [6.07, 6.45) is 3.39. The number of hydrogen-bond donors (Lipinski definition) is 1. The standard InChI is InChI=1S/C27H29N5S.CH4/c1-5-22-25-31-30-18(4)32(25)26-23(16(2)17(3)33-26)24(29-22)21-10-8-19(9-11-21)6-7-20-12-27(13-20)14-28-15-27;/h8-11,20,22,28H,5,12-15H2,1-4H3;1H4. The van der Waals surface area contributed by atoms with E-state index in [1.807, 2.05) is 18.3 Å². The number of hydrogen-bond acceptors (Lipinski definition) is 5. The lowest BCUT2D eigenvalue weighted by atomic mass is 9.59. The Kier molecular flexibility index (Phi) is 5.74. The first-order chi connectivity index (χ1) is 16.0. The molecule has 6 rings (SSSR count). The molecule has 3 aliphatic rings. The van der Waals surface area contributed by atoms with Crippen LogP contribution in [0.1, 0.15) is 78.4 Å². The van der Waals surface area contributed by atoms with E-state index in [0.29, 0.717) is 11.3 Å². The van der Waals surface area contributed by atoms with Crippen LogP contribution in [-0.2, 0) is 0 Å². The van der Waals surface area contributed by atoms with Crippen LogP contribution >= 0.6 is 11.3 Å². The Labute approximate surface area is 206 Å². The fourth-order valence-corrected chi connectivity index (χ4v) is 6.63. The maximum absolute atomic E-state index is 5.25. The number of benzene rings is 1. The van der Waals surface area contributed by atoms with E-state index in [1.165, 1.54) is 46.9 Å². The summed E-state index contributed by atoms with van der Waals surface area (Å²) in [7, 11) is 0. The van der Waals surface area contributed by atoms with Gasteiger partial charge < -0.3 is 5.32 Å². The molecule has 6 heteroatoms. The van der Waals surface area contributed by atoms with Gasteiger partial charge in [0, 0.05) is 40.6 Å². The zero-order chi connectivity index (χ0) is 22.7. The van der Waals surface area contributed by atoms with E-state index in [1.54, 1.807) is 0 Å². The molecule has 4 heterocycles. The van der Waals surface area contributed by atoms with Crippen LogP contribution in [0.3, 0.4) is 0 Å². The van der Waals surface area contributed by atoms with Crippen molar-refractivity contribution in [2.75, 3.05) is 13.1 Å². The molecule has 176 valence electrons. The van der Waals surface area contributed by atoms with E-state index in [9.17, 15) is 0 Å². The van der Waals surface area contributed by atoms with E-state index < -0.39 is 0 Å². The van der Waals surface area contributed by atoms with Gasteiger partial charge in [-0.3, -0.25) is 9.56 Å². The highest BCUT2D eigenvalue weighted by molar-refractivity contribution is 7.15. The molecule has 3 aromatic rings. The smallest absolute Gasteiger partial charge is 0.163 e. The van der Waals surface area contributed by atoms with Gasteiger partial charge in [-0.15, -0.1) is 21.5 Å². The monoisotopic (exact) mass is 471 g/mol. The number of nitrogens with zero attached hydrogens (tertiary/aromatic N) is 4. The number of aliphatic imine (C=N–C) groups is 1. The molecule has 1 unspecified atom stereocenters. The van der Waals surface area contributed by atoms with Crippen LogP contribution in [0.25, 0.3) is 5.00 Å². The lowest BCUT2D eigenvalue weighted by molar-refractivity contribution is 0.0266. The average Bonchev–Trinajstić information content (AvgIpc) is 3.22. The minimum atomic E-state index is -0.00749. The molecule has 5 nitrogen and oxygen atoms in total. The third-order valence-electron chi connectivity index (χ3n) is 7.56. The lowest BCUT2D eigenvalue weighted by Gasteiger charge is -2.53. The molecule has 0 radical (unpaired) electrons. The van der Waals surface area contributed by atoms with Gasteiger partial charge in [-0.2, -0.15) is 0 Å². The van der Waals surface area contributed by atoms with Crippen molar-refractivity contribution in [3.8, 4) is 16.8 Å². The summed E-state index contributed by atoms with van der Waals surface area (Å²) in [5, 5.41) is 13.5. The van der Waals surface area contributed by atoms with Crippen LogP contribution in [0.15, 0.2) is 29.3 Å². The topological polar surface area (TPSA) is 55.1 Å². The summed E-state index contributed by atoms with van der Waals surface area (Å²) < 4.78 is 2.22. The highest BCUT2D eigenvalue weighted by atomic mass is 32.1.